The van der Waals surface area contributed by atoms with Crippen LogP contribution in [0.15, 0.2) is 53.4 Å². The van der Waals surface area contributed by atoms with Gasteiger partial charge >= 0.3 is 0 Å². The van der Waals surface area contributed by atoms with Gasteiger partial charge in [-0.2, -0.15) is 0 Å². The highest BCUT2D eigenvalue weighted by atomic mass is 32.2. The van der Waals surface area contributed by atoms with Crippen molar-refractivity contribution in [1.29, 1.82) is 0 Å². The lowest BCUT2D eigenvalue weighted by Gasteiger charge is -2.33. The van der Waals surface area contributed by atoms with Crippen molar-refractivity contribution in [3.8, 4) is 5.75 Å². The van der Waals surface area contributed by atoms with Gasteiger partial charge in [0.2, 0.25) is 10.0 Å². The van der Waals surface area contributed by atoms with Crippen LogP contribution in [0.25, 0.3) is 0 Å². The van der Waals surface area contributed by atoms with E-state index in [1.165, 1.54) is 0 Å². The summed E-state index contributed by atoms with van der Waals surface area (Å²) in [5, 5.41) is 8.90. The SMILES string of the molecule is Cc1ccccc1S(=O)(=O)NC[C@@H]1CCCN(Cc2cccc(OCCO)c2)C1. The molecule has 6 nitrogen and oxygen atoms in total. The number of nitrogens with one attached hydrogen (secondary N) is 1. The van der Waals surface area contributed by atoms with E-state index in [1.807, 2.05) is 37.3 Å². The Morgan fingerprint density at radius 2 is 2.03 bits per heavy atom. The lowest BCUT2D eigenvalue weighted by molar-refractivity contribution is 0.168. The Hall–Kier alpha value is -1.93. The first kappa shape index (κ1) is 21.8. The summed E-state index contributed by atoms with van der Waals surface area (Å²) < 4.78 is 33.6. The van der Waals surface area contributed by atoms with E-state index in [9.17, 15) is 8.42 Å². The van der Waals surface area contributed by atoms with E-state index in [-0.39, 0.29) is 19.1 Å². The normalized spacial score (nSPS) is 17.9. The molecule has 2 aromatic carbocycles. The van der Waals surface area contributed by atoms with Gasteiger partial charge in [-0.3, -0.25) is 4.90 Å². The molecule has 158 valence electrons. The number of piperidine rings is 1. The molecule has 1 heterocycles. The van der Waals surface area contributed by atoms with E-state index in [0.29, 0.717) is 11.4 Å². The highest BCUT2D eigenvalue weighted by molar-refractivity contribution is 7.89. The van der Waals surface area contributed by atoms with E-state index in [4.69, 9.17) is 9.84 Å². The molecule has 1 saturated heterocycles. The first-order chi connectivity index (χ1) is 14.0. The molecule has 0 amide bonds. The van der Waals surface area contributed by atoms with Gasteiger partial charge in [0.15, 0.2) is 0 Å². The van der Waals surface area contributed by atoms with Gasteiger partial charge in [-0.15, -0.1) is 0 Å². The lowest BCUT2D eigenvalue weighted by Crippen LogP contribution is -2.40. The van der Waals surface area contributed by atoms with Gasteiger partial charge in [-0.25, -0.2) is 13.1 Å². The monoisotopic (exact) mass is 418 g/mol. The van der Waals surface area contributed by atoms with Crippen LogP contribution in [0.2, 0.25) is 0 Å². The van der Waals surface area contributed by atoms with Crippen LogP contribution in [0.3, 0.4) is 0 Å². The molecular weight excluding hydrogens is 388 g/mol. The Kier molecular flexibility index (Phi) is 7.66. The first-order valence-electron chi connectivity index (χ1n) is 10.1. The fourth-order valence-corrected chi connectivity index (χ4v) is 5.14. The van der Waals surface area contributed by atoms with Crippen molar-refractivity contribution in [2.24, 2.45) is 5.92 Å². The van der Waals surface area contributed by atoms with E-state index in [2.05, 4.69) is 15.7 Å². The molecule has 0 saturated carbocycles. The minimum atomic E-state index is -3.49. The molecule has 1 atom stereocenters. The van der Waals surface area contributed by atoms with Crippen LogP contribution in [0.4, 0.5) is 0 Å². The van der Waals surface area contributed by atoms with Crippen molar-refractivity contribution in [2.45, 2.75) is 31.2 Å². The largest absolute Gasteiger partial charge is 0.491 e. The third-order valence-electron chi connectivity index (χ3n) is 5.21. The molecule has 3 rings (SSSR count). The van der Waals surface area contributed by atoms with Gasteiger partial charge in [0.25, 0.3) is 0 Å². The molecule has 0 spiro atoms. The highest BCUT2D eigenvalue weighted by Crippen LogP contribution is 2.21. The van der Waals surface area contributed by atoms with Crippen LogP contribution in [0.5, 0.6) is 5.75 Å². The molecule has 0 unspecified atom stereocenters. The van der Waals surface area contributed by atoms with Crippen molar-refractivity contribution in [1.82, 2.24) is 9.62 Å². The second kappa shape index (κ2) is 10.2. The number of aryl methyl sites for hydroxylation is 1. The summed E-state index contributed by atoms with van der Waals surface area (Å²) in [6.07, 6.45) is 2.07. The number of hydrogen-bond acceptors (Lipinski definition) is 5. The van der Waals surface area contributed by atoms with Crippen LogP contribution in [-0.2, 0) is 16.6 Å². The topological polar surface area (TPSA) is 78.9 Å². The Morgan fingerprint density at radius 3 is 2.83 bits per heavy atom. The highest BCUT2D eigenvalue weighted by Gasteiger charge is 2.23. The Morgan fingerprint density at radius 1 is 1.21 bits per heavy atom. The number of ether oxygens (including phenoxy) is 1. The fraction of sp³-hybridized carbons (Fsp3) is 0.455. The molecule has 0 aromatic heterocycles. The molecular formula is C22H30N2O4S. The molecule has 0 aliphatic carbocycles. The standard InChI is InChI=1S/C22H30N2O4S/c1-18-6-2-3-10-22(18)29(26,27)23-15-20-8-5-11-24(17-20)16-19-7-4-9-21(14-19)28-13-12-25/h2-4,6-7,9-10,14,20,23,25H,5,8,11-13,15-17H2,1H3/t20-/m0/s1. The van der Waals surface area contributed by atoms with Gasteiger partial charge in [-0.1, -0.05) is 30.3 Å². The summed E-state index contributed by atoms with van der Waals surface area (Å²) in [6.45, 7) is 5.22. The number of hydrogen-bond donors (Lipinski definition) is 2. The summed E-state index contributed by atoms with van der Waals surface area (Å²) in [5.74, 6) is 1.05. The number of sulfonamides is 1. The summed E-state index contributed by atoms with van der Waals surface area (Å²) >= 11 is 0. The van der Waals surface area contributed by atoms with Crippen molar-refractivity contribution < 1.29 is 18.3 Å². The fourth-order valence-electron chi connectivity index (χ4n) is 3.78. The van der Waals surface area contributed by atoms with Crippen LogP contribution in [0.1, 0.15) is 24.0 Å². The van der Waals surface area contributed by atoms with Crippen LogP contribution >= 0.6 is 0 Å². The summed E-state index contributed by atoms with van der Waals surface area (Å²) in [4.78, 5) is 2.72. The van der Waals surface area contributed by atoms with Crippen molar-refractivity contribution in [2.75, 3.05) is 32.8 Å². The van der Waals surface area contributed by atoms with E-state index in [1.54, 1.807) is 12.1 Å². The maximum atomic E-state index is 12.6. The van der Waals surface area contributed by atoms with Crippen molar-refractivity contribution in [3.05, 3.63) is 59.7 Å². The average Bonchev–Trinajstić information content (AvgIpc) is 2.72. The quantitative estimate of drug-likeness (QED) is 0.654. The first-order valence-corrected chi connectivity index (χ1v) is 11.6. The molecule has 7 heteroatoms. The van der Waals surface area contributed by atoms with Gasteiger partial charge in [-0.05, 0) is 61.6 Å². The van der Waals surface area contributed by atoms with Gasteiger partial charge in [0.05, 0.1) is 11.5 Å². The predicted octanol–water partition coefficient (Wildman–Crippen LogP) is 2.56. The average molecular weight is 419 g/mol. The van der Waals surface area contributed by atoms with Gasteiger partial charge < -0.3 is 9.84 Å². The molecule has 1 aliphatic rings. The van der Waals surface area contributed by atoms with E-state index in [0.717, 1.165) is 49.4 Å². The second-order valence-corrected chi connectivity index (χ2v) is 9.32. The van der Waals surface area contributed by atoms with Crippen LogP contribution < -0.4 is 9.46 Å². The molecule has 0 bridgehead atoms. The smallest absolute Gasteiger partial charge is 0.240 e. The van der Waals surface area contributed by atoms with E-state index < -0.39 is 10.0 Å². The Labute approximate surface area is 173 Å². The Bertz CT molecular complexity index is 901. The van der Waals surface area contributed by atoms with Gasteiger partial charge in [0, 0.05) is 19.6 Å². The molecule has 29 heavy (non-hydrogen) atoms. The summed E-state index contributed by atoms with van der Waals surface area (Å²) in [7, 11) is -3.49. The Balaban J connectivity index is 1.55. The number of aliphatic hydroxyl groups is 1. The lowest BCUT2D eigenvalue weighted by atomic mass is 9.98. The molecule has 1 fully saturated rings. The van der Waals surface area contributed by atoms with Gasteiger partial charge in [0.1, 0.15) is 12.4 Å². The second-order valence-electron chi connectivity index (χ2n) is 7.58. The number of nitrogens with zero attached hydrogens (tertiary/aromatic N) is 1. The number of benzene rings is 2. The summed E-state index contributed by atoms with van der Waals surface area (Å²) in [6, 6.07) is 15.0. The third kappa shape index (κ3) is 6.27. The maximum absolute atomic E-state index is 12.6. The number of likely N-dealkylation sites (tertiary alicyclic amines) is 1. The predicted molar refractivity (Wildman–Crippen MR) is 113 cm³/mol. The zero-order valence-corrected chi connectivity index (χ0v) is 17.7. The zero-order valence-electron chi connectivity index (χ0n) is 16.9. The number of rotatable bonds is 9. The van der Waals surface area contributed by atoms with Crippen molar-refractivity contribution >= 4 is 10.0 Å². The summed E-state index contributed by atoms with van der Waals surface area (Å²) in [5.41, 5.74) is 1.91. The number of aliphatic hydroxyl groups excluding tert-OH is 1. The molecule has 1 aliphatic heterocycles. The van der Waals surface area contributed by atoms with Crippen molar-refractivity contribution in [3.63, 3.8) is 0 Å². The van der Waals surface area contributed by atoms with Crippen LogP contribution in [-0.4, -0.2) is 51.3 Å². The molecule has 2 N–H and O–H groups in total. The molecule has 0 radical (unpaired) electrons. The third-order valence-corrected chi connectivity index (χ3v) is 6.80. The minimum Gasteiger partial charge on any atom is -0.491 e. The van der Waals surface area contributed by atoms with E-state index >= 15 is 0 Å². The zero-order chi connectivity index (χ0) is 20.7. The minimum absolute atomic E-state index is 0.00353. The maximum Gasteiger partial charge on any atom is 0.240 e. The molecule has 2 aromatic rings. The van der Waals surface area contributed by atoms with Crippen LogP contribution in [0, 0.1) is 12.8 Å².